The summed E-state index contributed by atoms with van der Waals surface area (Å²) < 4.78 is 0. The van der Waals surface area contributed by atoms with E-state index in [-0.39, 0.29) is 11.5 Å². The van der Waals surface area contributed by atoms with Crippen molar-refractivity contribution in [3.8, 4) is 0 Å². The van der Waals surface area contributed by atoms with Gasteiger partial charge >= 0.3 is 5.97 Å². The van der Waals surface area contributed by atoms with Gasteiger partial charge in [0.1, 0.15) is 0 Å². The van der Waals surface area contributed by atoms with E-state index in [1.807, 2.05) is 0 Å². The summed E-state index contributed by atoms with van der Waals surface area (Å²) in [6.07, 6.45) is 4.35. The van der Waals surface area contributed by atoms with Crippen molar-refractivity contribution in [3.05, 3.63) is 35.4 Å². The number of benzene rings is 1. The van der Waals surface area contributed by atoms with Crippen molar-refractivity contribution in [1.82, 2.24) is 5.32 Å². The molecule has 0 spiro atoms. The third-order valence-corrected chi connectivity index (χ3v) is 4.02. The van der Waals surface area contributed by atoms with Gasteiger partial charge in [-0.3, -0.25) is 4.79 Å². The number of rotatable bonds is 7. The van der Waals surface area contributed by atoms with Crippen LogP contribution in [-0.4, -0.2) is 23.5 Å². The Kier molecular flexibility index (Phi) is 4.42. The van der Waals surface area contributed by atoms with E-state index in [0.717, 1.165) is 13.0 Å². The molecule has 1 aliphatic rings. The Bertz CT molecular complexity index is 506. The van der Waals surface area contributed by atoms with Gasteiger partial charge < -0.3 is 10.4 Å². The van der Waals surface area contributed by atoms with Crippen LogP contribution in [-0.2, 0) is 11.2 Å². The fourth-order valence-corrected chi connectivity index (χ4v) is 2.25. The fourth-order valence-electron chi connectivity index (χ4n) is 2.25. The van der Waals surface area contributed by atoms with Crippen LogP contribution in [0.25, 0.3) is 0 Å². The summed E-state index contributed by atoms with van der Waals surface area (Å²) in [5.74, 6) is -0.947. The van der Waals surface area contributed by atoms with Crippen LogP contribution in [0.1, 0.15) is 48.5 Å². The molecule has 0 unspecified atom stereocenters. The highest BCUT2D eigenvalue weighted by Crippen LogP contribution is 2.47. The number of hydrogen-bond acceptors (Lipinski definition) is 2. The predicted octanol–water partition coefficient (Wildman–Crippen LogP) is 2.62. The number of carboxylic acids is 1. The Morgan fingerprint density at radius 2 is 2.00 bits per heavy atom. The average molecular weight is 275 g/mol. The fraction of sp³-hybridized carbons (Fsp3) is 0.500. The van der Waals surface area contributed by atoms with Crippen LogP contribution in [0.3, 0.4) is 0 Å². The van der Waals surface area contributed by atoms with Gasteiger partial charge in [-0.05, 0) is 42.7 Å². The van der Waals surface area contributed by atoms with E-state index in [2.05, 4.69) is 12.2 Å². The zero-order valence-electron chi connectivity index (χ0n) is 11.8. The molecule has 1 fully saturated rings. The highest BCUT2D eigenvalue weighted by atomic mass is 16.4. The van der Waals surface area contributed by atoms with E-state index in [0.29, 0.717) is 23.8 Å². The molecule has 0 heterocycles. The molecule has 0 radical (unpaired) electrons. The van der Waals surface area contributed by atoms with Crippen molar-refractivity contribution < 1.29 is 14.7 Å². The van der Waals surface area contributed by atoms with Crippen molar-refractivity contribution in [3.63, 3.8) is 0 Å². The van der Waals surface area contributed by atoms with Gasteiger partial charge in [-0.1, -0.05) is 25.1 Å². The highest BCUT2D eigenvalue weighted by molar-refractivity contribution is 5.89. The lowest BCUT2D eigenvalue weighted by Gasteiger charge is -2.10. The van der Waals surface area contributed by atoms with Crippen molar-refractivity contribution >= 4 is 11.9 Å². The molecule has 4 nitrogen and oxygen atoms in total. The summed E-state index contributed by atoms with van der Waals surface area (Å²) in [6, 6.07) is 6.84. The number of carbonyl (C=O) groups is 2. The second-order valence-corrected chi connectivity index (χ2v) is 5.87. The maximum absolute atomic E-state index is 11.7. The van der Waals surface area contributed by atoms with Crippen LogP contribution in [0.15, 0.2) is 24.3 Å². The van der Waals surface area contributed by atoms with Crippen LogP contribution < -0.4 is 5.32 Å². The number of carboxylic acid groups (broad SMARTS) is 1. The van der Waals surface area contributed by atoms with Gasteiger partial charge in [0.25, 0.3) is 0 Å². The lowest BCUT2D eigenvalue weighted by Crippen LogP contribution is -2.26. The van der Waals surface area contributed by atoms with E-state index in [1.54, 1.807) is 24.3 Å². The smallest absolute Gasteiger partial charge is 0.335 e. The third-order valence-electron chi connectivity index (χ3n) is 4.02. The normalized spacial score (nSPS) is 15.7. The van der Waals surface area contributed by atoms with Crippen LogP contribution in [0.4, 0.5) is 0 Å². The molecule has 1 aromatic carbocycles. The molecule has 108 valence electrons. The second-order valence-electron chi connectivity index (χ2n) is 5.87. The Balaban J connectivity index is 1.76. The highest BCUT2D eigenvalue weighted by Gasteiger charge is 2.36. The first-order valence-electron chi connectivity index (χ1n) is 7.08. The number of hydrogen-bond donors (Lipinski definition) is 2. The molecular formula is C16H21NO3. The minimum atomic E-state index is -0.942. The molecule has 1 aliphatic carbocycles. The Labute approximate surface area is 119 Å². The van der Waals surface area contributed by atoms with Gasteiger partial charge in [-0.25, -0.2) is 4.79 Å². The first kappa shape index (κ1) is 14.6. The minimum Gasteiger partial charge on any atom is -0.478 e. The number of aryl methyl sites for hydroxylation is 1. The van der Waals surface area contributed by atoms with Crippen molar-refractivity contribution in [2.75, 3.05) is 6.54 Å². The second kappa shape index (κ2) is 6.07. The van der Waals surface area contributed by atoms with Gasteiger partial charge in [-0.15, -0.1) is 0 Å². The Hall–Kier alpha value is -1.84. The van der Waals surface area contributed by atoms with Crippen molar-refractivity contribution in [2.24, 2.45) is 5.41 Å². The van der Waals surface area contributed by atoms with Crippen LogP contribution in [0.5, 0.6) is 0 Å². The van der Waals surface area contributed by atoms with Gasteiger partial charge in [-0.2, -0.15) is 0 Å². The summed E-state index contributed by atoms with van der Waals surface area (Å²) in [7, 11) is 0. The number of aromatic carboxylic acids is 1. The monoisotopic (exact) mass is 275 g/mol. The van der Waals surface area contributed by atoms with Crippen molar-refractivity contribution in [2.45, 2.75) is 39.0 Å². The molecule has 1 amide bonds. The molecule has 20 heavy (non-hydrogen) atoms. The largest absolute Gasteiger partial charge is 0.478 e. The lowest BCUT2D eigenvalue weighted by atomic mass is 10.0. The third kappa shape index (κ3) is 4.08. The lowest BCUT2D eigenvalue weighted by molar-refractivity contribution is -0.121. The van der Waals surface area contributed by atoms with E-state index in [1.165, 1.54) is 12.8 Å². The Morgan fingerprint density at radius 3 is 2.65 bits per heavy atom. The molecule has 0 atom stereocenters. The molecule has 0 aliphatic heterocycles. The topological polar surface area (TPSA) is 66.4 Å². The van der Waals surface area contributed by atoms with Gasteiger partial charge in [0.15, 0.2) is 0 Å². The molecule has 0 bridgehead atoms. The van der Waals surface area contributed by atoms with E-state index in [4.69, 9.17) is 5.11 Å². The first-order chi connectivity index (χ1) is 9.50. The quantitative estimate of drug-likeness (QED) is 0.804. The molecule has 0 saturated heterocycles. The van der Waals surface area contributed by atoms with E-state index < -0.39 is 5.97 Å². The number of amides is 1. The molecule has 2 rings (SSSR count). The van der Waals surface area contributed by atoms with E-state index in [9.17, 15) is 9.59 Å². The summed E-state index contributed by atoms with van der Waals surface area (Å²) in [6.45, 7) is 2.96. The van der Waals surface area contributed by atoms with E-state index >= 15 is 0 Å². The Morgan fingerprint density at radius 1 is 1.30 bits per heavy atom. The number of nitrogens with one attached hydrogen (secondary N) is 1. The maximum Gasteiger partial charge on any atom is 0.335 e. The summed E-state index contributed by atoms with van der Waals surface area (Å²) >= 11 is 0. The summed E-state index contributed by atoms with van der Waals surface area (Å²) in [5, 5.41) is 12.0. The minimum absolute atomic E-state index is 0.00515. The maximum atomic E-state index is 11.7. The zero-order valence-corrected chi connectivity index (χ0v) is 11.8. The molecule has 2 N–H and O–H groups in total. The van der Waals surface area contributed by atoms with Crippen LogP contribution >= 0.6 is 0 Å². The summed E-state index contributed by atoms with van der Waals surface area (Å²) in [5.41, 5.74) is 1.44. The van der Waals surface area contributed by atoms with Crippen molar-refractivity contribution in [1.29, 1.82) is 0 Å². The summed E-state index contributed by atoms with van der Waals surface area (Å²) in [4.78, 5) is 22.8. The molecular weight excluding hydrogens is 254 g/mol. The molecule has 1 aromatic rings. The predicted molar refractivity (Wildman–Crippen MR) is 76.7 cm³/mol. The first-order valence-corrected chi connectivity index (χ1v) is 7.08. The standard InChI is InChI=1S/C16H21NO3/c1-16(8-9-16)10-11-17-14(18)7-6-12-4-2-3-5-13(12)15(19)20/h2-5H,6-11H2,1H3,(H,17,18)(H,19,20). The van der Waals surface area contributed by atoms with Gasteiger partial charge in [0.05, 0.1) is 5.56 Å². The molecule has 4 heteroatoms. The van der Waals surface area contributed by atoms with Crippen LogP contribution in [0.2, 0.25) is 0 Å². The number of carbonyl (C=O) groups excluding carboxylic acids is 1. The molecule has 1 saturated carbocycles. The van der Waals surface area contributed by atoms with Gasteiger partial charge in [0.2, 0.25) is 5.91 Å². The van der Waals surface area contributed by atoms with Gasteiger partial charge in [0, 0.05) is 13.0 Å². The van der Waals surface area contributed by atoms with Crippen LogP contribution in [0, 0.1) is 5.41 Å². The average Bonchev–Trinajstić information content (AvgIpc) is 3.14. The SMILES string of the molecule is CC1(CCNC(=O)CCc2ccccc2C(=O)O)CC1. The zero-order chi connectivity index (χ0) is 14.6. The molecule has 0 aromatic heterocycles.